The third kappa shape index (κ3) is 4.87. The number of carbonyl (C=O) groups excluding carboxylic acids is 2. The number of anilines is 1. The maximum atomic E-state index is 12.6. The van der Waals surface area contributed by atoms with Gasteiger partial charge in [0.05, 0.1) is 22.4 Å². The number of carbonyl (C=O) groups is 2. The summed E-state index contributed by atoms with van der Waals surface area (Å²) in [4.78, 5) is 36.4. The molecule has 148 valence electrons. The van der Waals surface area contributed by atoms with E-state index in [4.69, 9.17) is 5.73 Å². The van der Waals surface area contributed by atoms with E-state index in [0.29, 0.717) is 5.69 Å². The zero-order valence-electron chi connectivity index (χ0n) is 14.8. The molecule has 1 heterocycles. The van der Waals surface area contributed by atoms with Gasteiger partial charge in [-0.3, -0.25) is 19.7 Å². The lowest BCUT2D eigenvalue weighted by Crippen LogP contribution is -2.31. The topological polar surface area (TPSA) is 131 Å². The average molecular weight is 476 g/mol. The highest BCUT2D eigenvalue weighted by Gasteiger charge is 2.40. The summed E-state index contributed by atoms with van der Waals surface area (Å²) in [5.74, 6) is -0.714. The number of imide groups is 1. The van der Waals surface area contributed by atoms with E-state index in [-0.39, 0.29) is 34.7 Å². The van der Waals surface area contributed by atoms with Crippen molar-refractivity contribution in [2.24, 2.45) is 15.9 Å². The van der Waals surface area contributed by atoms with Crippen molar-refractivity contribution in [1.82, 2.24) is 0 Å². The first-order valence-electron chi connectivity index (χ1n) is 8.25. The number of amides is 2. The van der Waals surface area contributed by atoms with Crippen molar-refractivity contribution in [3.8, 4) is 0 Å². The van der Waals surface area contributed by atoms with Gasteiger partial charge < -0.3 is 5.73 Å². The number of nitro benzene ring substituents is 1. The fraction of sp³-hybridized carbons (Fsp3) is 0.111. The van der Waals surface area contributed by atoms with Gasteiger partial charge in [-0.25, -0.2) is 4.90 Å². The smallest absolute Gasteiger partial charge is 0.278 e. The summed E-state index contributed by atoms with van der Waals surface area (Å²) >= 11 is 4.23. The molecule has 0 radical (unpaired) electrons. The van der Waals surface area contributed by atoms with E-state index in [1.807, 2.05) is 0 Å². The maximum absolute atomic E-state index is 12.6. The van der Waals surface area contributed by atoms with Crippen LogP contribution < -0.4 is 10.6 Å². The zero-order valence-corrected chi connectivity index (χ0v) is 17.2. The van der Waals surface area contributed by atoms with Crippen molar-refractivity contribution in [3.63, 3.8) is 0 Å². The van der Waals surface area contributed by atoms with Crippen LogP contribution in [0.25, 0.3) is 0 Å². The highest BCUT2D eigenvalue weighted by molar-refractivity contribution is 9.10. The molecule has 1 saturated heterocycles. The SMILES string of the molecule is NC(=NN=Cc1ccccc1[N+](=O)[O-])SC1CC(=O)N(c2ccc(Br)cc2)C1=O. The largest absolute Gasteiger partial charge is 0.377 e. The summed E-state index contributed by atoms with van der Waals surface area (Å²) in [7, 11) is 0. The molecule has 2 aromatic rings. The van der Waals surface area contributed by atoms with E-state index in [9.17, 15) is 19.7 Å². The number of para-hydroxylation sites is 1. The molecule has 0 saturated carbocycles. The Hall–Kier alpha value is -3.05. The highest BCUT2D eigenvalue weighted by atomic mass is 79.9. The molecule has 11 heteroatoms. The second kappa shape index (κ2) is 8.97. The Morgan fingerprint density at radius 1 is 1.24 bits per heavy atom. The molecule has 0 aliphatic carbocycles. The summed E-state index contributed by atoms with van der Waals surface area (Å²) in [6.07, 6.45) is 1.20. The number of halogens is 1. The predicted octanol–water partition coefficient (Wildman–Crippen LogP) is 3.07. The molecule has 0 bridgehead atoms. The van der Waals surface area contributed by atoms with Crippen molar-refractivity contribution in [2.75, 3.05) is 4.90 Å². The zero-order chi connectivity index (χ0) is 21.0. The van der Waals surface area contributed by atoms with Crippen molar-refractivity contribution < 1.29 is 14.5 Å². The summed E-state index contributed by atoms with van der Waals surface area (Å²) in [5, 5.41) is 17.8. The van der Waals surface area contributed by atoms with Crippen LogP contribution in [0.4, 0.5) is 11.4 Å². The minimum Gasteiger partial charge on any atom is -0.377 e. The maximum Gasteiger partial charge on any atom is 0.278 e. The number of hydrogen-bond acceptors (Lipinski definition) is 7. The number of amidine groups is 1. The third-order valence-corrected chi connectivity index (χ3v) is 5.44. The number of nitrogens with two attached hydrogens (primary N) is 1. The molecule has 29 heavy (non-hydrogen) atoms. The highest BCUT2D eigenvalue weighted by Crippen LogP contribution is 2.30. The van der Waals surface area contributed by atoms with Crippen LogP contribution in [0.5, 0.6) is 0 Å². The Labute approximate surface area is 177 Å². The summed E-state index contributed by atoms with van der Waals surface area (Å²) < 4.78 is 0.833. The summed E-state index contributed by atoms with van der Waals surface area (Å²) in [6.45, 7) is 0. The standard InChI is InChI=1S/C18H14BrN5O4S/c19-12-5-7-13(8-6-12)23-16(25)9-15(17(23)26)29-18(20)22-21-10-11-3-1-2-4-14(11)24(27)28/h1-8,10,15H,9H2,(H2,20,22). The van der Waals surface area contributed by atoms with Gasteiger partial charge >= 0.3 is 0 Å². The van der Waals surface area contributed by atoms with E-state index >= 15 is 0 Å². The molecule has 1 atom stereocenters. The lowest BCUT2D eigenvalue weighted by atomic mass is 10.2. The number of nitrogens with zero attached hydrogens (tertiary/aromatic N) is 4. The lowest BCUT2D eigenvalue weighted by molar-refractivity contribution is -0.385. The van der Waals surface area contributed by atoms with Crippen LogP contribution in [-0.2, 0) is 9.59 Å². The minimum absolute atomic E-state index is 0.0103. The molecule has 2 aromatic carbocycles. The van der Waals surface area contributed by atoms with Crippen molar-refractivity contribution in [2.45, 2.75) is 11.7 Å². The Morgan fingerprint density at radius 3 is 2.62 bits per heavy atom. The number of hydrogen-bond donors (Lipinski definition) is 1. The van der Waals surface area contributed by atoms with Crippen LogP contribution in [0.15, 0.2) is 63.2 Å². The summed E-state index contributed by atoms with van der Waals surface area (Å²) in [6, 6.07) is 12.9. The molecule has 0 aromatic heterocycles. The van der Waals surface area contributed by atoms with E-state index in [0.717, 1.165) is 21.1 Å². The number of rotatable bonds is 5. The van der Waals surface area contributed by atoms with Gasteiger partial charge in [-0.05, 0) is 30.3 Å². The van der Waals surface area contributed by atoms with Gasteiger partial charge in [0.15, 0.2) is 5.17 Å². The van der Waals surface area contributed by atoms with Crippen LogP contribution >= 0.6 is 27.7 Å². The van der Waals surface area contributed by atoms with E-state index in [1.165, 1.54) is 18.3 Å². The fourth-order valence-corrected chi connectivity index (χ4v) is 3.72. The van der Waals surface area contributed by atoms with Crippen LogP contribution in [0.2, 0.25) is 0 Å². The first kappa shape index (κ1) is 20.7. The van der Waals surface area contributed by atoms with Crippen molar-refractivity contribution in [1.29, 1.82) is 0 Å². The Kier molecular flexibility index (Phi) is 6.39. The van der Waals surface area contributed by atoms with Crippen LogP contribution in [0, 0.1) is 10.1 Å². The second-order valence-electron chi connectivity index (χ2n) is 5.85. The fourth-order valence-electron chi connectivity index (χ4n) is 2.64. The average Bonchev–Trinajstić information content (AvgIpc) is 2.96. The predicted molar refractivity (Wildman–Crippen MR) is 115 cm³/mol. The van der Waals surface area contributed by atoms with Gasteiger partial charge in [0.2, 0.25) is 11.8 Å². The molecule has 1 aliphatic rings. The molecular formula is C18H14BrN5O4S. The van der Waals surface area contributed by atoms with E-state index in [1.54, 1.807) is 36.4 Å². The molecule has 1 fully saturated rings. The monoisotopic (exact) mass is 475 g/mol. The van der Waals surface area contributed by atoms with E-state index < -0.39 is 10.2 Å². The molecule has 0 spiro atoms. The number of benzene rings is 2. The lowest BCUT2D eigenvalue weighted by Gasteiger charge is -2.14. The van der Waals surface area contributed by atoms with Crippen LogP contribution in [-0.4, -0.2) is 33.4 Å². The quantitative estimate of drug-likeness (QED) is 0.232. The van der Waals surface area contributed by atoms with Gasteiger partial charge in [0.25, 0.3) is 5.69 Å². The van der Waals surface area contributed by atoms with Gasteiger partial charge in [0, 0.05) is 17.0 Å². The molecule has 1 unspecified atom stereocenters. The van der Waals surface area contributed by atoms with Gasteiger partial charge in [0.1, 0.15) is 5.25 Å². The summed E-state index contributed by atoms with van der Waals surface area (Å²) in [5.41, 5.74) is 6.45. The number of thioether (sulfide) groups is 1. The van der Waals surface area contributed by atoms with Crippen molar-refractivity contribution >= 4 is 62.3 Å². The van der Waals surface area contributed by atoms with Crippen LogP contribution in [0.3, 0.4) is 0 Å². The molecule has 3 rings (SSSR count). The Bertz CT molecular complexity index is 1030. The Balaban J connectivity index is 1.68. The van der Waals surface area contributed by atoms with E-state index in [2.05, 4.69) is 26.1 Å². The Morgan fingerprint density at radius 2 is 1.93 bits per heavy atom. The van der Waals surface area contributed by atoms with Gasteiger partial charge in [-0.2, -0.15) is 5.10 Å². The normalized spacial score (nSPS) is 17.3. The molecule has 9 nitrogen and oxygen atoms in total. The van der Waals surface area contributed by atoms with Crippen molar-refractivity contribution in [3.05, 3.63) is 68.7 Å². The van der Waals surface area contributed by atoms with Gasteiger partial charge in [-0.1, -0.05) is 39.8 Å². The first-order chi connectivity index (χ1) is 13.9. The third-order valence-electron chi connectivity index (χ3n) is 3.94. The van der Waals surface area contributed by atoms with Crippen LogP contribution in [0.1, 0.15) is 12.0 Å². The first-order valence-corrected chi connectivity index (χ1v) is 9.93. The van der Waals surface area contributed by atoms with Gasteiger partial charge in [-0.15, -0.1) is 5.10 Å². The molecule has 2 N–H and O–H groups in total. The second-order valence-corrected chi connectivity index (χ2v) is 7.99. The molecule has 1 aliphatic heterocycles. The molecule has 2 amide bonds. The minimum atomic E-state index is -0.712. The molecular weight excluding hydrogens is 462 g/mol. The number of nitro groups is 1.